The molecule has 0 spiro atoms. The van der Waals surface area contributed by atoms with Gasteiger partial charge in [-0.25, -0.2) is 9.18 Å². The van der Waals surface area contributed by atoms with Gasteiger partial charge >= 0.3 is 6.09 Å². The Balaban J connectivity index is 1.80. The molecule has 1 N–H and O–H groups in total. The molecular formula is C18H24FNO3. The first kappa shape index (κ1) is 16.2. The van der Waals surface area contributed by atoms with E-state index < -0.39 is 11.2 Å². The van der Waals surface area contributed by atoms with Gasteiger partial charge in [0.25, 0.3) is 0 Å². The summed E-state index contributed by atoms with van der Waals surface area (Å²) in [5.74, 6) is -0.349. The summed E-state index contributed by atoms with van der Waals surface area (Å²) >= 11 is 0. The van der Waals surface area contributed by atoms with Gasteiger partial charge < -0.3 is 14.7 Å². The number of halogens is 1. The van der Waals surface area contributed by atoms with Gasteiger partial charge in [0.15, 0.2) is 0 Å². The molecule has 1 amide bonds. The minimum absolute atomic E-state index is 0.0585. The molecule has 5 heteroatoms. The number of piperidine rings is 1. The number of benzene rings is 1. The Bertz CT molecular complexity index is 597. The lowest BCUT2D eigenvalue weighted by Crippen LogP contribution is -2.53. The number of hydrogen-bond acceptors (Lipinski definition) is 3. The maximum Gasteiger partial charge on any atom is 0.410 e. The van der Waals surface area contributed by atoms with Crippen molar-refractivity contribution in [1.82, 2.24) is 4.90 Å². The lowest BCUT2D eigenvalue weighted by molar-refractivity contribution is -0.0625. The maximum atomic E-state index is 13.5. The van der Waals surface area contributed by atoms with Crippen molar-refractivity contribution in [2.45, 2.75) is 69.7 Å². The molecule has 1 aromatic carbocycles. The van der Waals surface area contributed by atoms with Crippen LogP contribution in [0.4, 0.5) is 9.18 Å². The zero-order chi connectivity index (χ0) is 16.8. The van der Waals surface area contributed by atoms with Gasteiger partial charge in [-0.2, -0.15) is 0 Å². The van der Waals surface area contributed by atoms with Crippen molar-refractivity contribution >= 4 is 6.09 Å². The highest BCUT2D eigenvalue weighted by molar-refractivity contribution is 5.69. The number of carbonyl (C=O) groups is 1. The lowest BCUT2D eigenvalue weighted by atomic mass is 9.80. The number of nitrogens with zero attached hydrogens (tertiary/aromatic N) is 1. The fraction of sp³-hybridized carbons (Fsp3) is 0.611. The van der Waals surface area contributed by atoms with Crippen LogP contribution in [0, 0.1) is 5.82 Å². The molecule has 126 valence electrons. The average Bonchev–Trinajstić information content (AvgIpc) is 2.70. The van der Waals surface area contributed by atoms with E-state index in [0.29, 0.717) is 18.4 Å². The van der Waals surface area contributed by atoms with Gasteiger partial charge in [0.1, 0.15) is 11.4 Å². The zero-order valence-corrected chi connectivity index (χ0v) is 13.9. The second kappa shape index (κ2) is 5.48. The lowest BCUT2D eigenvalue weighted by Gasteiger charge is -2.44. The van der Waals surface area contributed by atoms with Crippen LogP contribution in [-0.2, 0) is 10.3 Å². The highest BCUT2D eigenvalue weighted by Crippen LogP contribution is 2.46. The Morgan fingerprint density at radius 3 is 2.43 bits per heavy atom. The van der Waals surface area contributed by atoms with Crippen LogP contribution in [0.5, 0.6) is 0 Å². The zero-order valence-electron chi connectivity index (χ0n) is 13.9. The second-order valence-corrected chi connectivity index (χ2v) is 7.72. The number of amides is 1. The number of fused-ring (bicyclic) bond motifs is 2. The van der Waals surface area contributed by atoms with Crippen LogP contribution in [0.25, 0.3) is 0 Å². The summed E-state index contributed by atoms with van der Waals surface area (Å²) in [6.07, 6.45) is 2.23. The quantitative estimate of drug-likeness (QED) is 0.860. The van der Waals surface area contributed by atoms with Crippen molar-refractivity contribution in [1.29, 1.82) is 0 Å². The third kappa shape index (κ3) is 3.20. The standard InChI is InChI=1S/C18H24FNO3/c1-17(2,3)23-16(21)20-14-7-8-15(20)11-18(22,10-14)12-5-4-6-13(19)9-12/h4-6,9,14-15,22H,7-8,10-11H2,1-3H3. The molecule has 1 aromatic rings. The van der Waals surface area contributed by atoms with Crippen molar-refractivity contribution in [2.24, 2.45) is 0 Å². The van der Waals surface area contributed by atoms with E-state index in [9.17, 15) is 14.3 Å². The molecule has 0 radical (unpaired) electrons. The minimum Gasteiger partial charge on any atom is -0.444 e. The van der Waals surface area contributed by atoms with Gasteiger partial charge in [0.05, 0.1) is 5.60 Å². The van der Waals surface area contributed by atoms with Gasteiger partial charge in [0.2, 0.25) is 0 Å². The van der Waals surface area contributed by atoms with E-state index >= 15 is 0 Å². The molecule has 4 nitrogen and oxygen atoms in total. The summed E-state index contributed by atoms with van der Waals surface area (Å²) in [4.78, 5) is 14.2. The molecule has 23 heavy (non-hydrogen) atoms. The molecule has 0 saturated carbocycles. The Morgan fingerprint density at radius 2 is 1.91 bits per heavy atom. The van der Waals surface area contributed by atoms with E-state index in [1.807, 2.05) is 20.8 Å². The fourth-order valence-corrected chi connectivity index (χ4v) is 3.85. The highest BCUT2D eigenvalue weighted by atomic mass is 19.1. The van der Waals surface area contributed by atoms with Gasteiger partial charge in [-0.1, -0.05) is 12.1 Å². The summed E-state index contributed by atoms with van der Waals surface area (Å²) in [6.45, 7) is 5.54. The topological polar surface area (TPSA) is 49.8 Å². The van der Waals surface area contributed by atoms with Gasteiger partial charge in [0, 0.05) is 24.9 Å². The molecule has 3 rings (SSSR count). The van der Waals surface area contributed by atoms with E-state index in [1.165, 1.54) is 12.1 Å². The van der Waals surface area contributed by atoms with E-state index in [-0.39, 0.29) is 24.0 Å². The van der Waals surface area contributed by atoms with Crippen LogP contribution >= 0.6 is 0 Å². The average molecular weight is 321 g/mol. The van der Waals surface area contributed by atoms with E-state index in [0.717, 1.165) is 12.8 Å². The van der Waals surface area contributed by atoms with Crippen molar-refractivity contribution in [3.05, 3.63) is 35.6 Å². The summed E-state index contributed by atoms with van der Waals surface area (Å²) in [7, 11) is 0. The van der Waals surface area contributed by atoms with Crippen LogP contribution in [0.15, 0.2) is 24.3 Å². The van der Waals surface area contributed by atoms with Gasteiger partial charge in [-0.15, -0.1) is 0 Å². The molecule has 2 aliphatic rings. The van der Waals surface area contributed by atoms with Gasteiger partial charge in [-0.3, -0.25) is 0 Å². The summed E-state index contributed by atoms with van der Waals surface area (Å²) in [5.41, 5.74) is -1.02. The molecule has 2 unspecified atom stereocenters. The van der Waals surface area contributed by atoms with Gasteiger partial charge in [-0.05, 0) is 51.3 Å². The van der Waals surface area contributed by atoms with E-state index in [4.69, 9.17) is 4.74 Å². The summed E-state index contributed by atoms with van der Waals surface area (Å²) in [5, 5.41) is 11.0. The molecule has 2 fully saturated rings. The molecule has 0 aromatic heterocycles. The van der Waals surface area contributed by atoms with E-state index in [1.54, 1.807) is 17.0 Å². The molecule has 2 heterocycles. The van der Waals surface area contributed by atoms with Crippen LogP contribution in [0.2, 0.25) is 0 Å². The predicted molar refractivity (Wildman–Crippen MR) is 84.4 cm³/mol. The molecule has 2 saturated heterocycles. The number of hydrogen-bond donors (Lipinski definition) is 1. The van der Waals surface area contributed by atoms with Crippen LogP contribution in [0.3, 0.4) is 0 Å². The van der Waals surface area contributed by atoms with Crippen molar-refractivity contribution in [3.63, 3.8) is 0 Å². The third-order valence-electron chi connectivity index (χ3n) is 4.73. The molecular weight excluding hydrogens is 297 g/mol. The molecule has 2 aliphatic heterocycles. The second-order valence-electron chi connectivity index (χ2n) is 7.72. The Hall–Kier alpha value is -1.62. The maximum absolute atomic E-state index is 13.5. The molecule has 2 atom stereocenters. The first-order valence-corrected chi connectivity index (χ1v) is 8.18. The fourth-order valence-electron chi connectivity index (χ4n) is 3.85. The van der Waals surface area contributed by atoms with Crippen LogP contribution in [0.1, 0.15) is 52.0 Å². The Morgan fingerprint density at radius 1 is 1.30 bits per heavy atom. The van der Waals surface area contributed by atoms with Crippen molar-refractivity contribution < 1.29 is 19.0 Å². The summed E-state index contributed by atoms with van der Waals surface area (Å²) in [6, 6.07) is 6.02. The third-order valence-corrected chi connectivity index (χ3v) is 4.73. The minimum atomic E-state index is -1.08. The molecule has 2 bridgehead atoms. The number of carbonyl (C=O) groups excluding carboxylic acids is 1. The summed E-state index contributed by atoms with van der Waals surface area (Å²) < 4.78 is 19.0. The first-order chi connectivity index (χ1) is 10.7. The predicted octanol–water partition coefficient (Wildman–Crippen LogP) is 3.58. The van der Waals surface area contributed by atoms with E-state index in [2.05, 4.69) is 0 Å². The first-order valence-electron chi connectivity index (χ1n) is 8.18. The number of rotatable bonds is 1. The smallest absolute Gasteiger partial charge is 0.410 e. The monoisotopic (exact) mass is 321 g/mol. The van der Waals surface area contributed by atoms with Crippen molar-refractivity contribution in [2.75, 3.05) is 0 Å². The normalized spacial score (nSPS) is 30.4. The largest absolute Gasteiger partial charge is 0.444 e. The Labute approximate surface area is 136 Å². The van der Waals surface area contributed by atoms with Crippen molar-refractivity contribution in [3.8, 4) is 0 Å². The van der Waals surface area contributed by atoms with Crippen LogP contribution < -0.4 is 0 Å². The number of aliphatic hydroxyl groups is 1. The molecule has 0 aliphatic carbocycles. The number of ether oxygens (including phenoxy) is 1. The van der Waals surface area contributed by atoms with Crippen LogP contribution in [-0.4, -0.2) is 33.8 Å². The SMILES string of the molecule is CC(C)(C)OC(=O)N1C2CCC1CC(O)(c1cccc(F)c1)C2. The Kier molecular flexibility index (Phi) is 3.87. The highest BCUT2D eigenvalue weighted by Gasteiger charge is 2.51.